The second-order valence-electron chi connectivity index (χ2n) is 8.53. The molecule has 126 valence electrons. The highest BCUT2D eigenvalue weighted by Crippen LogP contribution is 2.45. The maximum atomic E-state index is 6.26. The summed E-state index contributed by atoms with van der Waals surface area (Å²) in [4.78, 5) is 3.56. The second kappa shape index (κ2) is 6.32. The first-order chi connectivity index (χ1) is 10.9. The fourth-order valence-electron chi connectivity index (χ4n) is 4.71. The molecule has 0 aliphatic heterocycles. The monoisotopic (exact) mass is 312 g/mol. The van der Waals surface area contributed by atoms with Crippen molar-refractivity contribution in [3.8, 4) is 0 Å². The summed E-state index contributed by atoms with van der Waals surface area (Å²) >= 11 is 0. The topological polar surface area (TPSA) is 41.8 Å². The smallest absolute Gasteiger partial charge is 0.0458 e. The van der Waals surface area contributed by atoms with Gasteiger partial charge in [0.05, 0.1) is 0 Å². The zero-order valence-corrected chi connectivity index (χ0v) is 15.2. The second-order valence-corrected chi connectivity index (χ2v) is 8.53. The van der Waals surface area contributed by atoms with Gasteiger partial charge in [-0.25, -0.2) is 0 Å². The lowest BCUT2D eigenvalue weighted by Gasteiger charge is -2.39. The Morgan fingerprint density at radius 1 is 1.13 bits per heavy atom. The van der Waals surface area contributed by atoms with Crippen molar-refractivity contribution < 1.29 is 0 Å². The number of fused-ring (bicyclic) bond motifs is 1. The standard InChI is InChI=1S/C21H32N2/c1-14-20(17-7-5-6-8-19(17)23-14)18(13-22)15-9-11-16(12-10-15)21(2,3)4/h5-8,15-16,18,23H,9-13,22H2,1-4H3. The molecule has 1 aromatic carbocycles. The van der Waals surface area contributed by atoms with Gasteiger partial charge in [0.15, 0.2) is 0 Å². The Labute approximate surface area is 140 Å². The predicted molar refractivity (Wildman–Crippen MR) is 99.7 cm³/mol. The average Bonchev–Trinajstić information content (AvgIpc) is 2.84. The summed E-state index contributed by atoms with van der Waals surface area (Å²) < 4.78 is 0. The Morgan fingerprint density at radius 3 is 2.39 bits per heavy atom. The lowest BCUT2D eigenvalue weighted by atomic mass is 9.66. The molecule has 23 heavy (non-hydrogen) atoms. The summed E-state index contributed by atoms with van der Waals surface area (Å²) in [6, 6.07) is 8.67. The van der Waals surface area contributed by atoms with Crippen LogP contribution < -0.4 is 5.73 Å². The molecule has 3 N–H and O–H groups in total. The number of aromatic nitrogens is 1. The third-order valence-corrected chi connectivity index (χ3v) is 6.13. The molecule has 0 bridgehead atoms. The maximum absolute atomic E-state index is 6.26. The zero-order chi connectivity index (χ0) is 16.6. The predicted octanol–water partition coefficient (Wildman–Crippen LogP) is 5.37. The first kappa shape index (κ1) is 16.6. The Bertz CT molecular complexity index is 654. The molecule has 0 saturated heterocycles. The lowest BCUT2D eigenvalue weighted by molar-refractivity contribution is 0.140. The van der Waals surface area contributed by atoms with Crippen molar-refractivity contribution >= 4 is 10.9 Å². The summed E-state index contributed by atoms with van der Waals surface area (Å²) in [5.41, 5.74) is 10.7. The van der Waals surface area contributed by atoms with Gasteiger partial charge in [-0.1, -0.05) is 39.0 Å². The normalized spacial score (nSPS) is 24.0. The van der Waals surface area contributed by atoms with Crippen molar-refractivity contribution in [2.24, 2.45) is 23.0 Å². The van der Waals surface area contributed by atoms with Crippen molar-refractivity contribution in [1.82, 2.24) is 4.98 Å². The van der Waals surface area contributed by atoms with E-state index in [2.05, 4.69) is 56.9 Å². The molecule has 1 fully saturated rings. The van der Waals surface area contributed by atoms with E-state index in [4.69, 9.17) is 5.73 Å². The molecular formula is C21H32N2. The van der Waals surface area contributed by atoms with E-state index in [9.17, 15) is 0 Å². The summed E-state index contributed by atoms with van der Waals surface area (Å²) in [6.07, 6.45) is 5.35. The van der Waals surface area contributed by atoms with Gasteiger partial charge in [0.1, 0.15) is 0 Å². The molecule has 3 rings (SSSR count). The van der Waals surface area contributed by atoms with Crippen molar-refractivity contribution in [2.45, 2.75) is 59.3 Å². The van der Waals surface area contributed by atoms with Gasteiger partial charge in [0, 0.05) is 22.5 Å². The van der Waals surface area contributed by atoms with Crippen molar-refractivity contribution in [1.29, 1.82) is 0 Å². The molecule has 2 heteroatoms. The number of nitrogens with two attached hydrogens (primary N) is 1. The number of aromatic amines is 1. The van der Waals surface area contributed by atoms with Crippen LogP contribution in [0.5, 0.6) is 0 Å². The van der Waals surface area contributed by atoms with E-state index in [0.717, 1.165) is 18.4 Å². The minimum atomic E-state index is 0.444. The number of hydrogen-bond acceptors (Lipinski definition) is 1. The quantitative estimate of drug-likeness (QED) is 0.786. The molecule has 1 saturated carbocycles. The molecule has 0 radical (unpaired) electrons. The van der Waals surface area contributed by atoms with Crippen LogP contribution >= 0.6 is 0 Å². The van der Waals surface area contributed by atoms with E-state index in [-0.39, 0.29) is 0 Å². The Morgan fingerprint density at radius 2 is 1.78 bits per heavy atom. The van der Waals surface area contributed by atoms with Crippen LogP contribution in [0, 0.1) is 24.2 Å². The van der Waals surface area contributed by atoms with E-state index < -0.39 is 0 Å². The fraction of sp³-hybridized carbons (Fsp3) is 0.619. The first-order valence-electron chi connectivity index (χ1n) is 9.19. The summed E-state index contributed by atoms with van der Waals surface area (Å²) in [5.74, 6) is 2.09. The molecule has 1 unspecified atom stereocenters. The van der Waals surface area contributed by atoms with Crippen molar-refractivity contribution in [3.05, 3.63) is 35.5 Å². The Balaban J connectivity index is 1.85. The Hall–Kier alpha value is -1.28. The van der Waals surface area contributed by atoms with Crippen LogP contribution in [-0.2, 0) is 0 Å². The number of H-pyrrole nitrogens is 1. The Kier molecular flexibility index (Phi) is 4.55. The van der Waals surface area contributed by atoms with Crippen LogP contribution in [0.25, 0.3) is 10.9 Å². The maximum Gasteiger partial charge on any atom is 0.0458 e. The molecule has 1 aliphatic rings. The van der Waals surface area contributed by atoms with Gasteiger partial charge in [0.2, 0.25) is 0 Å². The number of nitrogens with one attached hydrogen (secondary N) is 1. The number of benzene rings is 1. The van der Waals surface area contributed by atoms with Crippen molar-refractivity contribution in [3.63, 3.8) is 0 Å². The highest BCUT2D eigenvalue weighted by atomic mass is 14.7. The van der Waals surface area contributed by atoms with Crippen LogP contribution in [0.2, 0.25) is 0 Å². The lowest BCUT2D eigenvalue weighted by Crippen LogP contribution is -2.30. The highest BCUT2D eigenvalue weighted by Gasteiger charge is 2.34. The van der Waals surface area contributed by atoms with Crippen LogP contribution in [0.15, 0.2) is 24.3 Å². The van der Waals surface area contributed by atoms with Crippen LogP contribution in [-0.4, -0.2) is 11.5 Å². The third kappa shape index (κ3) is 3.19. The van der Waals surface area contributed by atoms with Gasteiger partial charge in [-0.05, 0) is 68.0 Å². The fourth-order valence-corrected chi connectivity index (χ4v) is 4.71. The molecule has 0 spiro atoms. The molecular weight excluding hydrogens is 280 g/mol. The third-order valence-electron chi connectivity index (χ3n) is 6.13. The summed E-state index contributed by atoms with van der Waals surface area (Å²) in [7, 11) is 0. The SMILES string of the molecule is Cc1[nH]c2ccccc2c1C(CN)C1CCC(C(C)(C)C)CC1. The summed E-state index contributed by atoms with van der Waals surface area (Å²) in [5, 5.41) is 1.37. The molecule has 0 amide bonds. The van der Waals surface area contributed by atoms with Crippen molar-refractivity contribution in [2.75, 3.05) is 6.54 Å². The number of rotatable bonds is 3. The average molecular weight is 313 g/mol. The van der Waals surface area contributed by atoms with E-state index in [1.165, 1.54) is 47.8 Å². The van der Waals surface area contributed by atoms with Crippen LogP contribution in [0.4, 0.5) is 0 Å². The number of aryl methyl sites for hydroxylation is 1. The molecule has 1 atom stereocenters. The number of para-hydroxylation sites is 1. The van der Waals surface area contributed by atoms with Gasteiger partial charge in [0.25, 0.3) is 0 Å². The van der Waals surface area contributed by atoms with Gasteiger partial charge >= 0.3 is 0 Å². The zero-order valence-electron chi connectivity index (χ0n) is 15.2. The molecule has 1 aromatic heterocycles. The minimum Gasteiger partial charge on any atom is -0.358 e. The van der Waals surface area contributed by atoms with Gasteiger partial charge in [-0.15, -0.1) is 0 Å². The minimum absolute atomic E-state index is 0.444. The van der Waals surface area contributed by atoms with E-state index in [0.29, 0.717) is 11.3 Å². The van der Waals surface area contributed by atoms with E-state index >= 15 is 0 Å². The number of hydrogen-bond donors (Lipinski definition) is 2. The largest absolute Gasteiger partial charge is 0.358 e. The molecule has 1 heterocycles. The van der Waals surface area contributed by atoms with E-state index in [1.54, 1.807) is 0 Å². The highest BCUT2D eigenvalue weighted by molar-refractivity contribution is 5.85. The first-order valence-corrected chi connectivity index (χ1v) is 9.19. The summed E-state index contributed by atoms with van der Waals surface area (Å²) in [6.45, 7) is 10.1. The van der Waals surface area contributed by atoms with E-state index in [1.807, 2.05) is 0 Å². The van der Waals surface area contributed by atoms with Crippen LogP contribution in [0.1, 0.15) is 63.6 Å². The van der Waals surface area contributed by atoms with Gasteiger partial charge in [-0.3, -0.25) is 0 Å². The van der Waals surface area contributed by atoms with Crippen LogP contribution in [0.3, 0.4) is 0 Å². The van der Waals surface area contributed by atoms with Gasteiger partial charge < -0.3 is 10.7 Å². The molecule has 2 aromatic rings. The van der Waals surface area contributed by atoms with Gasteiger partial charge in [-0.2, -0.15) is 0 Å². The molecule has 1 aliphatic carbocycles. The molecule has 2 nitrogen and oxygen atoms in total.